The highest BCUT2D eigenvalue weighted by Crippen LogP contribution is 2.29. The molecule has 1 aromatic carbocycles. The van der Waals surface area contributed by atoms with Gasteiger partial charge in [-0.15, -0.1) is 0 Å². The highest BCUT2D eigenvalue weighted by molar-refractivity contribution is 6.11. The number of esters is 1. The van der Waals surface area contributed by atoms with Crippen molar-refractivity contribution in [3.63, 3.8) is 0 Å². The van der Waals surface area contributed by atoms with E-state index < -0.39 is 5.97 Å². The molecule has 2 heterocycles. The van der Waals surface area contributed by atoms with Crippen molar-refractivity contribution in [2.24, 2.45) is 5.92 Å². The SMILES string of the molecule is COC(=O)c1[nH]c2ccc(C)cc2c1NC(=O)C[NH+]1CCC[C@@H](C)C1. The number of anilines is 1. The number of H-pyrrole nitrogens is 1. The van der Waals surface area contributed by atoms with Gasteiger partial charge in [0, 0.05) is 16.8 Å². The zero-order chi connectivity index (χ0) is 18.0. The third-order valence-electron chi connectivity index (χ3n) is 4.88. The first-order valence-corrected chi connectivity index (χ1v) is 8.82. The number of aryl methyl sites for hydroxylation is 1. The number of methoxy groups -OCH3 is 1. The van der Waals surface area contributed by atoms with E-state index in [1.165, 1.54) is 18.4 Å². The number of amides is 1. The number of benzene rings is 1. The third-order valence-corrected chi connectivity index (χ3v) is 4.88. The molecule has 1 unspecified atom stereocenters. The second kappa shape index (κ2) is 7.27. The number of likely N-dealkylation sites (tertiary alicyclic amines) is 1. The molecule has 1 aliphatic heterocycles. The molecule has 3 N–H and O–H groups in total. The summed E-state index contributed by atoms with van der Waals surface area (Å²) < 4.78 is 4.86. The van der Waals surface area contributed by atoms with Crippen LogP contribution < -0.4 is 10.2 Å². The largest absolute Gasteiger partial charge is 0.464 e. The lowest BCUT2D eigenvalue weighted by molar-refractivity contribution is -0.900. The number of ether oxygens (including phenoxy) is 1. The number of piperidine rings is 1. The predicted octanol–water partition coefficient (Wildman–Crippen LogP) is 1.52. The molecule has 1 saturated heterocycles. The van der Waals surface area contributed by atoms with Gasteiger partial charge >= 0.3 is 5.97 Å². The fourth-order valence-electron chi connectivity index (χ4n) is 3.66. The minimum absolute atomic E-state index is 0.0725. The van der Waals surface area contributed by atoms with E-state index in [4.69, 9.17) is 4.74 Å². The molecular formula is C19H26N3O3+. The summed E-state index contributed by atoms with van der Waals surface area (Å²) in [5.74, 6) is 0.0951. The van der Waals surface area contributed by atoms with Crippen LogP contribution in [0.4, 0.5) is 5.69 Å². The van der Waals surface area contributed by atoms with Crippen LogP contribution in [0.25, 0.3) is 10.9 Å². The van der Waals surface area contributed by atoms with Crippen molar-refractivity contribution < 1.29 is 19.2 Å². The molecule has 2 aromatic rings. The number of carbonyl (C=O) groups excluding carboxylic acids is 2. The van der Waals surface area contributed by atoms with Crippen LogP contribution in [0, 0.1) is 12.8 Å². The van der Waals surface area contributed by atoms with Crippen LogP contribution in [0.3, 0.4) is 0 Å². The Morgan fingerprint density at radius 2 is 2.20 bits per heavy atom. The number of fused-ring (bicyclic) bond motifs is 1. The van der Waals surface area contributed by atoms with E-state index >= 15 is 0 Å². The van der Waals surface area contributed by atoms with Gasteiger partial charge in [-0.2, -0.15) is 0 Å². The van der Waals surface area contributed by atoms with Crippen LogP contribution in [0.5, 0.6) is 0 Å². The molecule has 6 nitrogen and oxygen atoms in total. The Hall–Kier alpha value is -2.34. The Balaban J connectivity index is 1.84. The minimum Gasteiger partial charge on any atom is -0.464 e. The highest BCUT2D eigenvalue weighted by Gasteiger charge is 2.25. The van der Waals surface area contributed by atoms with Crippen molar-refractivity contribution in [3.05, 3.63) is 29.5 Å². The number of aromatic amines is 1. The van der Waals surface area contributed by atoms with Gasteiger partial charge in [0.25, 0.3) is 5.91 Å². The number of hydrogen-bond donors (Lipinski definition) is 3. The van der Waals surface area contributed by atoms with Gasteiger partial charge in [-0.3, -0.25) is 4.79 Å². The zero-order valence-electron chi connectivity index (χ0n) is 15.1. The second-order valence-electron chi connectivity index (χ2n) is 7.09. The minimum atomic E-state index is -0.483. The van der Waals surface area contributed by atoms with E-state index in [0.29, 0.717) is 23.8 Å². The van der Waals surface area contributed by atoms with Crippen molar-refractivity contribution in [3.8, 4) is 0 Å². The first-order chi connectivity index (χ1) is 12.0. The van der Waals surface area contributed by atoms with Gasteiger partial charge in [-0.25, -0.2) is 4.79 Å². The van der Waals surface area contributed by atoms with Crippen molar-refractivity contribution in [2.45, 2.75) is 26.7 Å². The lowest BCUT2D eigenvalue weighted by Gasteiger charge is -2.27. The molecule has 0 radical (unpaired) electrons. The maximum atomic E-state index is 12.6. The first kappa shape index (κ1) is 17.5. The summed E-state index contributed by atoms with van der Waals surface area (Å²) in [6.07, 6.45) is 2.39. The van der Waals surface area contributed by atoms with Crippen molar-refractivity contribution in [1.29, 1.82) is 0 Å². The summed E-state index contributed by atoms with van der Waals surface area (Å²) in [6.45, 7) is 6.67. The summed E-state index contributed by atoms with van der Waals surface area (Å²) in [5, 5.41) is 3.78. The average Bonchev–Trinajstić information content (AvgIpc) is 2.92. The molecular weight excluding hydrogens is 318 g/mol. The van der Waals surface area contributed by atoms with Gasteiger partial charge in [0.05, 0.1) is 25.9 Å². The molecule has 1 amide bonds. The van der Waals surface area contributed by atoms with Crippen molar-refractivity contribution >= 4 is 28.5 Å². The number of hydrogen-bond acceptors (Lipinski definition) is 3. The predicted molar refractivity (Wildman–Crippen MR) is 97.0 cm³/mol. The van der Waals surface area contributed by atoms with E-state index in [1.54, 1.807) is 0 Å². The standard InChI is InChI=1S/C19H25N3O3/c1-12-6-7-15-14(9-12)17(18(20-15)19(24)25-3)21-16(23)11-22-8-4-5-13(2)10-22/h6-7,9,13,20H,4-5,8,10-11H2,1-3H3,(H,21,23)/p+1/t13-/m1/s1. The van der Waals surface area contributed by atoms with Gasteiger partial charge in [-0.1, -0.05) is 18.6 Å². The lowest BCUT2D eigenvalue weighted by atomic mass is 10.0. The van der Waals surface area contributed by atoms with E-state index in [2.05, 4.69) is 17.2 Å². The summed E-state index contributed by atoms with van der Waals surface area (Å²) in [6, 6.07) is 5.83. The Morgan fingerprint density at radius 3 is 2.92 bits per heavy atom. The molecule has 2 atom stereocenters. The maximum absolute atomic E-state index is 12.6. The molecule has 3 rings (SSSR count). The van der Waals surface area contributed by atoms with Crippen LogP contribution in [0.1, 0.15) is 35.8 Å². The topological polar surface area (TPSA) is 75.6 Å². The fraction of sp³-hybridized carbons (Fsp3) is 0.474. The van der Waals surface area contributed by atoms with Gasteiger partial charge in [0.1, 0.15) is 5.69 Å². The van der Waals surface area contributed by atoms with Crippen LogP contribution in [0.2, 0.25) is 0 Å². The van der Waals surface area contributed by atoms with E-state index in [-0.39, 0.29) is 5.91 Å². The molecule has 6 heteroatoms. The quantitative estimate of drug-likeness (QED) is 0.736. The van der Waals surface area contributed by atoms with Crippen LogP contribution >= 0.6 is 0 Å². The summed E-state index contributed by atoms with van der Waals surface area (Å²) in [5.41, 5.74) is 2.67. The summed E-state index contributed by atoms with van der Waals surface area (Å²) >= 11 is 0. The van der Waals surface area contributed by atoms with Crippen LogP contribution in [-0.4, -0.2) is 43.6 Å². The zero-order valence-corrected chi connectivity index (χ0v) is 15.1. The number of aromatic nitrogens is 1. The monoisotopic (exact) mass is 344 g/mol. The maximum Gasteiger partial charge on any atom is 0.356 e. The van der Waals surface area contributed by atoms with Crippen LogP contribution in [0.15, 0.2) is 18.2 Å². The molecule has 1 fully saturated rings. The second-order valence-corrected chi connectivity index (χ2v) is 7.09. The van der Waals surface area contributed by atoms with Gasteiger partial charge in [0.2, 0.25) is 0 Å². The van der Waals surface area contributed by atoms with Crippen LogP contribution in [-0.2, 0) is 9.53 Å². The number of nitrogens with one attached hydrogen (secondary N) is 3. The molecule has 25 heavy (non-hydrogen) atoms. The summed E-state index contributed by atoms with van der Waals surface area (Å²) in [4.78, 5) is 29.0. The Morgan fingerprint density at radius 1 is 1.40 bits per heavy atom. The normalized spacial score (nSPS) is 20.4. The van der Waals surface area contributed by atoms with E-state index in [1.807, 2.05) is 25.1 Å². The Labute approximate surface area is 147 Å². The molecule has 0 spiro atoms. The highest BCUT2D eigenvalue weighted by atomic mass is 16.5. The lowest BCUT2D eigenvalue weighted by Crippen LogP contribution is -3.14. The van der Waals surface area contributed by atoms with Gasteiger partial charge < -0.3 is 19.9 Å². The van der Waals surface area contributed by atoms with Crippen molar-refractivity contribution in [1.82, 2.24) is 4.98 Å². The number of quaternary nitrogens is 1. The molecule has 1 aliphatic rings. The molecule has 1 aromatic heterocycles. The van der Waals surface area contributed by atoms with E-state index in [9.17, 15) is 9.59 Å². The number of carbonyl (C=O) groups is 2. The smallest absolute Gasteiger partial charge is 0.356 e. The molecule has 0 aliphatic carbocycles. The van der Waals surface area contributed by atoms with Crippen molar-refractivity contribution in [2.75, 3.05) is 32.1 Å². The number of rotatable bonds is 4. The van der Waals surface area contributed by atoms with Gasteiger partial charge in [-0.05, 0) is 31.9 Å². The van der Waals surface area contributed by atoms with Gasteiger partial charge in [0.15, 0.2) is 6.54 Å². The molecule has 0 saturated carbocycles. The third kappa shape index (κ3) is 3.85. The molecule has 134 valence electrons. The fourth-order valence-corrected chi connectivity index (χ4v) is 3.66. The first-order valence-electron chi connectivity index (χ1n) is 8.82. The summed E-state index contributed by atoms with van der Waals surface area (Å²) in [7, 11) is 1.34. The Bertz CT molecular complexity index is 797. The average molecular weight is 344 g/mol. The van der Waals surface area contributed by atoms with E-state index in [0.717, 1.165) is 36.0 Å². The molecule has 0 bridgehead atoms. The Kier molecular flexibility index (Phi) is 5.08.